The predicted molar refractivity (Wildman–Crippen MR) is 125 cm³/mol. The third-order valence-corrected chi connectivity index (χ3v) is 5.53. The van der Waals surface area contributed by atoms with Crippen LogP contribution in [0.5, 0.6) is 11.5 Å². The number of hydrogen-bond donors (Lipinski definition) is 0. The lowest BCUT2D eigenvalue weighted by atomic mass is 10.1. The molecule has 150 valence electrons. The molecule has 0 bridgehead atoms. The van der Waals surface area contributed by atoms with E-state index in [1.165, 1.54) is 5.56 Å². The largest absolute Gasteiger partial charge is 0.493 e. The number of halogens is 3. The summed E-state index contributed by atoms with van der Waals surface area (Å²) in [6.07, 6.45) is 1.81. The van der Waals surface area contributed by atoms with E-state index in [1.807, 2.05) is 31.3 Å². The molecule has 0 radical (unpaired) electrons. The quantitative estimate of drug-likeness (QED) is 0.330. The maximum absolute atomic E-state index is 6.23. The second-order valence-electron chi connectivity index (χ2n) is 6.61. The minimum absolute atomic E-state index is 0.293. The van der Waals surface area contributed by atoms with Crippen molar-refractivity contribution in [3.8, 4) is 11.5 Å². The summed E-state index contributed by atoms with van der Waals surface area (Å²) < 4.78 is 12.3. The Labute approximate surface area is 189 Å². The fourth-order valence-electron chi connectivity index (χ4n) is 2.75. The molecular weight excluding hydrogens is 473 g/mol. The molecule has 0 unspecified atom stereocenters. The van der Waals surface area contributed by atoms with Crippen LogP contribution < -0.4 is 9.47 Å². The van der Waals surface area contributed by atoms with Gasteiger partial charge in [0.25, 0.3) is 0 Å². The summed E-state index contributed by atoms with van der Waals surface area (Å²) in [7, 11) is 1.61. The molecule has 3 rings (SSSR count). The van der Waals surface area contributed by atoms with E-state index in [-0.39, 0.29) is 0 Å². The summed E-state index contributed by atoms with van der Waals surface area (Å²) >= 11 is 15.8. The zero-order chi connectivity index (χ0) is 21.0. The number of rotatable bonds is 6. The third kappa shape index (κ3) is 5.53. The normalized spacial score (nSPS) is 11.1. The Morgan fingerprint density at radius 2 is 1.83 bits per heavy atom. The highest BCUT2D eigenvalue weighted by atomic mass is 79.9. The van der Waals surface area contributed by atoms with Gasteiger partial charge in [-0.2, -0.15) is 0 Å². The zero-order valence-electron chi connectivity index (χ0n) is 16.3. The van der Waals surface area contributed by atoms with E-state index in [0.29, 0.717) is 28.2 Å². The van der Waals surface area contributed by atoms with Crippen molar-refractivity contribution in [1.82, 2.24) is 0 Å². The Kier molecular flexibility index (Phi) is 7.23. The van der Waals surface area contributed by atoms with Crippen LogP contribution in [0.2, 0.25) is 10.0 Å². The summed E-state index contributed by atoms with van der Waals surface area (Å²) in [5.41, 5.74) is 4.97. The van der Waals surface area contributed by atoms with Crippen molar-refractivity contribution < 1.29 is 9.47 Å². The van der Waals surface area contributed by atoms with Gasteiger partial charge in [0.15, 0.2) is 11.5 Å². The highest BCUT2D eigenvalue weighted by molar-refractivity contribution is 9.10. The lowest BCUT2D eigenvalue weighted by Crippen LogP contribution is -2.00. The minimum atomic E-state index is 0.293. The Balaban J connectivity index is 1.83. The lowest BCUT2D eigenvalue weighted by molar-refractivity contribution is 0.282. The first kappa shape index (κ1) is 21.7. The van der Waals surface area contributed by atoms with Crippen molar-refractivity contribution in [2.24, 2.45) is 4.99 Å². The van der Waals surface area contributed by atoms with Crippen LogP contribution in [0.25, 0.3) is 0 Å². The smallest absolute Gasteiger partial charge is 0.175 e. The van der Waals surface area contributed by atoms with E-state index in [4.69, 9.17) is 32.7 Å². The fraction of sp³-hybridized carbons (Fsp3) is 0.174. The van der Waals surface area contributed by atoms with Crippen molar-refractivity contribution in [3.05, 3.63) is 85.3 Å². The highest BCUT2D eigenvalue weighted by Gasteiger charge is 2.13. The van der Waals surface area contributed by atoms with Crippen molar-refractivity contribution >= 4 is 51.0 Å². The Hall–Kier alpha value is -2.01. The van der Waals surface area contributed by atoms with Crippen LogP contribution in [0, 0.1) is 13.8 Å². The van der Waals surface area contributed by atoms with Gasteiger partial charge >= 0.3 is 0 Å². The zero-order valence-corrected chi connectivity index (χ0v) is 19.4. The van der Waals surface area contributed by atoms with E-state index < -0.39 is 0 Å². The molecule has 0 saturated carbocycles. The molecule has 6 heteroatoms. The molecule has 0 aliphatic heterocycles. The molecule has 0 aliphatic rings. The summed E-state index contributed by atoms with van der Waals surface area (Å²) in [5, 5.41) is 1.15. The van der Waals surface area contributed by atoms with E-state index in [1.54, 1.807) is 19.2 Å². The molecule has 0 N–H and O–H groups in total. The van der Waals surface area contributed by atoms with Crippen LogP contribution >= 0.6 is 39.1 Å². The van der Waals surface area contributed by atoms with Gasteiger partial charge < -0.3 is 9.47 Å². The topological polar surface area (TPSA) is 30.8 Å². The lowest BCUT2D eigenvalue weighted by Gasteiger charge is -2.14. The second kappa shape index (κ2) is 9.66. The Morgan fingerprint density at radius 3 is 2.55 bits per heavy atom. The molecule has 0 atom stereocenters. The van der Waals surface area contributed by atoms with E-state index in [9.17, 15) is 0 Å². The molecule has 0 fully saturated rings. The minimum Gasteiger partial charge on any atom is -0.493 e. The third-order valence-electron chi connectivity index (χ3n) is 4.36. The molecule has 0 aliphatic carbocycles. The predicted octanol–water partition coefficient (Wildman–Crippen LogP) is 7.71. The Bertz CT molecular complexity index is 1070. The van der Waals surface area contributed by atoms with Crippen LogP contribution in [0.4, 0.5) is 5.69 Å². The molecule has 29 heavy (non-hydrogen) atoms. The van der Waals surface area contributed by atoms with Crippen LogP contribution in [0.1, 0.15) is 22.3 Å². The van der Waals surface area contributed by atoms with Crippen molar-refractivity contribution in [2.45, 2.75) is 20.5 Å². The van der Waals surface area contributed by atoms with Gasteiger partial charge in [0.2, 0.25) is 0 Å². The van der Waals surface area contributed by atoms with E-state index in [0.717, 1.165) is 26.9 Å². The standard InChI is InChI=1S/C23H20BrCl2NO2/c1-14-4-5-15(2)21(8-14)27-12-16-9-19(24)23(22(10-16)28-3)29-13-17-6-7-18(25)11-20(17)26/h4-12H,13H2,1-3H3. The number of aliphatic imine (C=N–C) groups is 1. The SMILES string of the molecule is COc1cc(C=Nc2cc(C)ccc2C)cc(Br)c1OCc1ccc(Cl)cc1Cl. The van der Waals surface area contributed by atoms with Gasteiger partial charge in [0.05, 0.1) is 17.3 Å². The maximum atomic E-state index is 6.23. The van der Waals surface area contributed by atoms with Crippen LogP contribution in [-0.2, 0) is 6.61 Å². The first-order valence-electron chi connectivity index (χ1n) is 8.93. The van der Waals surface area contributed by atoms with Crippen molar-refractivity contribution in [3.63, 3.8) is 0 Å². The van der Waals surface area contributed by atoms with Crippen molar-refractivity contribution in [2.75, 3.05) is 7.11 Å². The average Bonchev–Trinajstić information content (AvgIpc) is 2.68. The number of aryl methyl sites for hydroxylation is 2. The van der Waals surface area contributed by atoms with Crippen molar-refractivity contribution in [1.29, 1.82) is 0 Å². The van der Waals surface area contributed by atoms with Gasteiger partial charge in [-0.3, -0.25) is 4.99 Å². The summed E-state index contributed by atoms with van der Waals surface area (Å²) in [5.74, 6) is 1.20. The summed E-state index contributed by atoms with van der Waals surface area (Å²) in [4.78, 5) is 4.62. The number of nitrogens with zero attached hydrogens (tertiary/aromatic N) is 1. The summed E-state index contributed by atoms with van der Waals surface area (Å²) in [6.45, 7) is 4.39. The van der Waals surface area contributed by atoms with Gasteiger partial charge in [-0.25, -0.2) is 0 Å². The maximum Gasteiger partial charge on any atom is 0.175 e. The molecule has 0 spiro atoms. The number of methoxy groups -OCH3 is 1. The van der Waals surface area contributed by atoms with Gasteiger partial charge in [-0.1, -0.05) is 41.4 Å². The molecule has 3 aromatic rings. The summed E-state index contributed by atoms with van der Waals surface area (Å²) in [6, 6.07) is 15.4. The average molecular weight is 493 g/mol. The molecule has 0 amide bonds. The van der Waals surface area contributed by atoms with Crippen LogP contribution in [-0.4, -0.2) is 13.3 Å². The second-order valence-corrected chi connectivity index (χ2v) is 8.30. The molecule has 0 saturated heterocycles. The van der Waals surface area contributed by atoms with E-state index >= 15 is 0 Å². The number of ether oxygens (including phenoxy) is 2. The molecule has 3 nitrogen and oxygen atoms in total. The first-order chi connectivity index (χ1) is 13.9. The van der Waals surface area contributed by atoms with Crippen LogP contribution in [0.3, 0.4) is 0 Å². The first-order valence-corrected chi connectivity index (χ1v) is 10.5. The fourth-order valence-corrected chi connectivity index (χ4v) is 3.78. The van der Waals surface area contributed by atoms with Gasteiger partial charge in [0, 0.05) is 21.8 Å². The van der Waals surface area contributed by atoms with E-state index in [2.05, 4.69) is 46.0 Å². The van der Waals surface area contributed by atoms with Gasteiger partial charge in [0.1, 0.15) is 6.61 Å². The molecule has 0 aromatic heterocycles. The molecule has 0 heterocycles. The molecular formula is C23H20BrCl2NO2. The highest BCUT2D eigenvalue weighted by Crippen LogP contribution is 2.37. The van der Waals surface area contributed by atoms with Crippen LogP contribution in [0.15, 0.2) is 58.0 Å². The number of hydrogen-bond acceptors (Lipinski definition) is 3. The molecule has 3 aromatic carbocycles. The number of benzene rings is 3. The monoisotopic (exact) mass is 491 g/mol. The van der Waals surface area contributed by atoms with Gasteiger partial charge in [-0.05, 0) is 76.8 Å². The van der Waals surface area contributed by atoms with Gasteiger partial charge in [-0.15, -0.1) is 0 Å². The Morgan fingerprint density at radius 1 is 1.03 bits per heavy atom.